The largest absolute Gasteiger partial charge is 0.393 e. The van der Waals surface area contributed by atoms with Gasteiger partial charge in [-0.05, 0) is 44.0 Å². The summed E-state index contributed by atoms with van der Waals surface area (Å²) in [5.41, 5.74) is 6.65. The number of piperidine rings is 1. The van der Waals surface area contributed by atoms with Crippen molar-refractivity contribution >= 4 is 17.1 Å². The van der Waals surface area contributed by atoms with E-state index in [1.807, 2.05) is 0 Å². The number of benzene rings is 1. The summed E-state index contributed by atoms with van der Waals surface area (Å²) in [7, 11) is 0. The summed E-state index contributed by atoms with van der Waals surface area (Å²) in [6, 6.07) is 4.77. The second-order valence-electron chi connectivity index (χ2n) is 5.48. The molecule has 1 saturated heterocycles. The lowest BCUT2D eigenvalue weighted by molar-refractivity contribution is -0.383. The monoisotopic (exact) mass is 278 g/mol. The van der Waals surface area contributed by atoms with E-state index in [9.17, 15) is 10.1 Å². The minimum absolute atomic E-state index is 0.0411. The van der Waals surface area contributed by atoms with Crippen LogP contribution in [-0.2, 0) is 0 Å². The molecule has 20 heavy (non-hydrogen) atoms. The van der Waals surface area contributed by atoms with Crippen LogP contribution in [0.15, 0.2) is 18.2 Å². The molecule has 0 bridgehead atoms. The third-order valence-electron chi connectivity index (χ3n) is 3.86. The first-order valence-electron chi connectivity index (χ1n) is 7.06. The van der Waals surface area contributed by atoms with Gasteiger partial charge in [0.15, 0.2) is 0 Å². The van der Waals surface area contributed by atoms with Crippen molar-refractivity contribution in [2.24, 2.45) is 5.92 Å². The van der Waals surface area contributed by atoms with E-state index < -0.39 is 4.92 Å². The summed E-state index contributed by atoms with van der Waals surface area (Å²) in [5.74, 6) is 0.841. The van der Waals surface area contributed by atoms with Gasteiger partial charge < -0.3 is 16.0 Å². The first-order chi connectivity index (χ1) is 9.56. The number of nitrogens with one attached hydrogen (secondary N) is 1. The Morgan fingerprint density at radius 1 is 1.45 bits per heavy atom. The van der Waals surface area contributed by atoms with Crippen molar-refractivity contribution in [3.05, 3.63) is 28.3 Å². The number of likely N-dealkylation sites (tertiary alicyclic amines) is 1. The average Bonchev–Trinajstić information content (AvgIpc) is 2.41. The van der Waals surface area contributed by atoms with Crippen molar-refractivity contribution in [3.63, 3.8) is 0 Å². The van der Waals surface area contributed by atoms with Crippen LogP contribution in [0.3, 0.4) is 0 Å². The molecule has 1 aromatic rings. The first kappa shape index (κ1) is 14.6. The molecule has 0 atom stereocenters. The van der Waals surface area contributed by atoms with Crippen LogP contribution < -0.4 is 11.1 Å². The van der Waals surface area contributed by atoms with E-state index >= 15 is 0 Å². The summed E-state index contributed by atoms with van der Waals surface area (Å²) in [6.07, 6.45) is 2.54. The Hall–Kier alpha value is -1.82. The van der Waals surface area contributed by atoms with Crippen LogP contribution in [-0.4, -0.2) is 36.0 Å². The molecule has 1 fully saturated rings. The maximum atomic E-state index is 10.7. The van der Waals surface area contributed by atoms with Crippen molar-refractivity contribution in [3.8, 4) is 0 Å². The second kappa shape index (κ2) is 6.56. The number of nitrogens with two attached hydrogens (primary N) is 1. The Kier molecular flexibility index (Phi) is 4.79. The van der Waals surface area contributed by atoms with E-state index in [0.29, 0.717) is 0 Å². The Morgan fingerprint density at radius 2 is 2.15 bits per heavy atom. The van der Waals surface area contributed by atoms with Gasteiger partial charge in [-0.1, -0.05) is 6.92 Å². The van der Waals surface area contributed by atoms with E-state index in [0.717, 1.165) is 37.8 Å². The highest BCUT2D eigenvalue weighted by atomic mass is 16.6. The highest BCUT2D eigenvalue weighted by molar-refractivity contribution is 5.65. The molecular weight excluding hydrogens is 256 g/mol. The van der Waals surface area contributed by atoms with Crippen molar-refractivity contribution in [1.82, 2.24) is 4.90 Å². The maximum Gasteiger partial charge on any atom is 0.292 e. The number of nitrogen functional groups attached to an aromatic ring is 1. The van der Waals surface area contributed by atoms with Gasteiger partial charge in [0.25, 0.3) is 5.69 Å². The highest BCUT2D eigenvalue weighted by Crippen LogP contribution is 2.24. The molecule has 6 nitrogen and oxygen atoms in total. The van der Waals surface area contributed by atoms with Gasteiger partial charge in [0.1, 0.15) is 5.69 Å². The Bertz CT molecular complexity index is 470. The fraction of sp³-hybridized carbons (Fsp3) is 0.571. The lowest BCUT2D eigenvalue weighted by atomic mass is 9.99. The van der Waals surface area contributed by atoms with Crippen LogP contribution in [0.2, 0.25) is 0 Å². The van der Waals surface area contributed by atoms with Gasteiger partial charge in [-0.3, -0.25) is 10.1 Å². The molecule has 0 aliphatic carbocycles. The SMILES string of the molecule is CC1CCN(CCNc2ccc([N+](=O)[O-])c(N)c2)CC1. The molecule has 3 N–H and O–H groups in total. The predicted molar refractivity (Wildman–Crippen MR) is 80.8 cm³/mol. The van der Waals surface area contributed by atoms with Gasteiger partial charge in [-0.2, -0.15) is 0 Å². The first-order valence-corrected chi connectivity index (χ1v) is 7.06. The molecule has 0 saturated carbocycles. The van der Waals surface area contributed by atoms with E-state index in [-0.39, 0.29) is 11.4 Å². The van der Waals surface area contributed by atoms with Gasteiger partial charge in [-0.25, -0.2) is 0 Å². The fourth-order valence-corrected chi connectivity index (χ4v) is 2.47. The molecule has 0 amide bonds. The minimum atomic E-state index is -0.464. The Balaban J connectivity index is 1.79. The zero-order chi connectivity index (χ0) is 14.5. The number of rotatable bonds is 5. The molecule has 6 heteroatoms. The lowest BCUT2D eigenvalue weighted by Crippen LogP contribution is -2.36. The fourth-order valence-electron chi connectivity index (χ4n) is 2.47. The second-order valence-corrected chi connectivity index (χ2v) is 5.48. The predicted octanol–water partition coefficient (Wildman–Crippen LogP) is 2.32. The molecule has 1 aliphatic rings. The number of nitro benzene ring substituents is 1. The number of nitrogens with zero attached hydrogens (tertiary/aromatic N) is 2. The number of hydrogen-bond acceptors (Lipinski definition) is 5. The summed E-state index contributed by atoms with van der Waals surface area (Å²) >= 11 is 0. The van der Waals surface area contributed by atoms with Crippen LogP contribution in [0.5, 0.6) is 0 Å². The van der Waals surface area contributed by atoms with Gasteiger partial charge >= 0.3 is 0 Å². The third kappa shape index (κ3) is 3.84. The number of anilines is 2. The number of hydrogen-bond donors (Lipinski definition) is 2. The molecule has 2 rings (SSSR count). The number of nitro groups is 1. The van der Waals surface area contributed by atoms with Crippen LogP contribution in [0.4, 0.5) is 17.1 Å². The molecular formula is C14H22N4O2. The van der Waals surface area contributed by atoms with Crippen LogP contribution in [0.1, 0.15) is 19.8 Å². The summed E-state index contributed by atoms with van der Waals surface area (Å²) in [5, 5.41) is 13.9. The smallest absolute Gasteiger partial charge is 0.292 e. The van der Waals surface area contributed by atoms with E-state index in [4.69, 9.17) is 5.73 Å². The van der Waals surface area contributed by atoms with E-state index in [1.165, 1.54) is 18.9 Å². The molecule has 0 spiro atoms. The van der Waals surface area contributed by atoms with E-state index in [1.54, 1.807) is 12.1 Å². The summed E-state index contributed by atoms with van der Waals surface area (Å²) < 4.78 is 0. The zero-order valence-corrected chi connectivity index (χ0v) is 11.8. The quantitative estimate of drug-likeness (QED) is 0.490. The van der Waals surface area contributed by atoms with Crippen molar-refractivity contribution in [2.75, 3.05) is 37.2 Å². The summed E-state index contributed by atoms with van der Waals surface area (Å²) in [4.78, 5) is 12.7. The zero-order valence-electron chi connectivity index (χ0n) is 11.8. The van der Waals surface area contributed by atoms with Crippen molar-refractivity contribution < 1.29 is 4.92 Å². The molecule has 1 heterocycles. The molecule has 1 aliphatic heterocycles. The van der Waals surface area contributed by atoms with Crippen LogP contribution in [0.25, 0.3) is 0 Å². The topological polar surface area (TPSA) is 84.4 Å². The van der Waals surface area contributed by atoms with Crippen molar-refractivity contribution in [2.45, 2.75) is 19.8 Å². The maximum absolute atomic E-state index is 10.7. The van der Waals surface area contributed by atoms with Gasteiger partial charge in [0.2, 0.25) is 0 Å². The standard InChI is InChI=1S/C14H22N4O2/c1-11-4-7-17(8-5-11)9-6-16-12-2-3-14(18(19)20)13(15)10-12/h2-3,10-11,16H,4-9,15H2,1H3. The lowest BCUT2D eigenvalue weighted by Gasteiger charge is -2.30. The highest BCUT2D eigenvalue weighted by Gasteiger charge is 2.15. The van der Waals surface area contributed by atoms with E-state index in [2.05, 4.69) is 17.1 Å². The average molecular weight is 278 g/mol. The normalized spacial score (nSPS) is 17.1. The van der Waals surface area contributed by atoms with Gasteiger partial charge in [0, 0.05) is 24.8 Å². The van der Waals surface area contributed by atoms with Gasteiger partial charge in [-0.15, -0.1) is 0 Å². The molecule has 0 unspecified atom stereocenters. The third-order valence-corrected chi connectivity index (χ3v) is 3.86. The Morgan fingerprint density at radius 3 is 2.75 bits per heavy atom. The minimum Gasteiger partial charge on any atom is -0.393 e. The molecule has 0 aromatic heterocycles. The van der Waals surface area contributed by atoms with Crippen LogP contribution >= 0.6 is 0 Å². The van der Waals surface area contributed by atoms with Crippen molar-refractivity contribution in [1.29, 1.82) is 0 Å². The molecule has 110 valence electrons. The van der Waals surface area contributed by atoms with Crippen LogP contribution in [0, 0.1) is 16.0 Å². The molecule has 0 radical (unpaired) electrons. The van der Waals surface area contributed by atoms with Gasteiger partial charge in [0.05, 0.1) is 4.92 Å². The summed E-state index contributed by atoms with van der Waals surface area (Å²) in [6.45, 7) is 6.43. The Labute approximate surface area is 119 Å². The molecule has 1 aromatic carbocycles.